The normalized spacial score (nSPS) is 15.7. The summed E-state index contributed by atoms with van der Waals surface area (Å²) in [5, 5.41) is 7.88. The van der Waals surface area contributed by atoms with Gasteiger partial charge in [0, 0.05) is 31.1 Å². The predicted molar refractivity (Wildman–Crippen MR) is 91.1 cm³/mol. The van der Waals surface area contributed by atoms with Crippen molar-refractivity contribution >= 4 is 52.1 Å². The summed E-state index contributed by atoms with van der Waals surface area (Å²) in [6.07, 6.45) is 1.76. The highest BCUT2D eigenvalue weighted by Gasteiger charge is 2.21. The highest BCUT2D eigenvalue weighted by Crippen LogP contribution is 2.26. The zero-order chi connectivity index (χ0) is 15.4. The molecule has 1 saturated heterocycles. The molecule has 0 bridgehead atoms. The lowest BCUT2D eigenvalue weighted by Crippen LogP contribution is -2.47. The van der Waals surface area contributed by atoms with Crippen LogP contribution in [-0.2, 0) is 4.79 Å². The number of halogens is 2. The van der Waals surface area contributed by atoms with Gasteiger partial charge in [0.2, 0.25) is 5.91 Å². The van der Waals surface area contributed by atoms with E-state index in [2.05, 4.69) is 15.5 Å². The molecular weight excluding hydrogens is 329 g/mol. The number of thiocarbonyl (C=S) groups is 1. The number of likely N-dealkylation sites (tertiary alicyclic amines) is 1. The van der Waals surface area contributed by atoms with Crippen molar-refractivity contribution in [3.63, 3.8) is 0 Å². The number of nitrogens with zero attached hydrogens (tertiary/aromatic N) is 1. The van der Waals surface area contributed by atoms with Crippen LogP contribution < -0.4 is 10.6 Å². The number of piperidine rings is 1. The zero-order valence-electron chi connectivity index (χ0n) is 11.7. The Morgan fingerprint density at radius 3 is 2.62 bits per heavy atom. The van der Waals surface area contributed by atoms with Crippen LogP contribution in [0.15, 0.2) is 18.2 Å². The van der Waals surface area contributed by atoms with Gasteiger partial charge in [0.15, 0.2) is 5.11 Å². The molecule has 7 heteroatoms. The van der Waals surface area contributed by atoms with E-state index in [0.29, 0.717) is 20.8 Å². The highest BCUT2D eigenvalue weighted by atomic mass is 35.5. The van der Waals surface area contributed by atoms with Gasteiger partial charge in [-0.25, -0.2) is 0 Å². The molecule has 0 spiro atoms. The van der Waals surface area contributed by atoms with Crippen molar-refractivity contribution in [2.75, 3.05) is 18.4 Å². The summed E-state index contributed by atoms with van der Waals surface area (Å²) in [5.41, 5.74) is 0.707. The van der Waals surface area contributed by atoms with Crippen molar-refractivity contribution in [3.05, 3.63) is 28.2 Å². The van der Waals surface area contributed by atoms with Gasteiger partial charge in [0.05, 0.1) is 10.7 Å². The van der Waals surface area contributed by atoms with Gasteiger partial charge in [-0.05, 0) is 43.3 Å². The first kappa shape index (κ1) is 16.3. The van der Waals surface area contributed by atoms with Crippen LogP contribution in [0.3, 0.4) is 0 Å². The monoisotopic (exact) mass is 345 g/mol. The fourth-order valence-corrected chi connectivity index (χ4v) is 2.93. The highest BCUT2D eigenvalue weighted by molar-refractivity contribution is 7.80. The number of anilines is 1. The Kier molecular flexibility index (Phi) is 5.67. The number of carbonyl (C=O) groups is 1. The number of nitrogens with one attached hydrogen (secondary N) is 2. The first-order valence-electron chi connectivity index (χ1n) is 6.74. The summed E-state index contributed by atoms with van der Waals surface area (Å²) in [6, 6.07) is 5.45. The SMILES string of the molecule is CC(=O)NC1CCN(C(=S)Nc2cc(Cl)ccc2Cl)CC1. The molecule has 1 amide bonds. The van der Waals surface area contributed by atoms with E-state index in [4.69, 9.17) is 35.4 Å². The lowest BCUT2D eigenvalue weighted by molar-refractivity contribution is -0.119. The molecule has 0 radical (unpaired) electrons. The molecule has 0 saturated carbocycles. The third-order valence-electron chi connectivity index (χ3n) is 3.36. The molecule has 0 unspecified atom stereocenters. The molecule has 2 N–H and O–H groups in total. The second-order valence-corrected chi connectivity index (χ2v) is 6.25. The van der Waals surface area contributed by atoms with Gasteiger partial charge in [0.1, 0.15) is 0 Å². The topological polar surface area (TPSA) is 44.4 Å². The molecule has 2 rings (SSSR count). The first-order chi connectivity index (χ1) is 9.95. The Labute approximate surface area is 139 Å². The van der Waals surface area contributed by atoms with E-state index in [9.17, 15) is 4.79 Å². The van der Waals surface area contributed by atoms with Crippen molar-refractivity contribution in [1.29, 1.82) is 0 Å². The Hall–Kier alpha value is -1.04. The van der Waals surface area contributed by atoms with Gasteiger partial charge >= 0.3 is 0 Å². The molecule has 0 atom stereocenters. The minimum atomic E-state index is 0.0138. The van der Waals surface area contributed by atoms with E-state index in [1.165, 1.54) is 0 Å². The molecular formula is C14H17Cl2N3OS. The molecule has 0 aromatic heterocycles. The Bertz CT molecular complexity index is 545. The third-order valence-corrected chi connectivity index (χ3v) is 4.28. The zero-order valence-corrected chi connectivity index (χ0v) is 14.0. The minimum absolute atomic E-state index is 0.0138. The number of amides is 1. The Balaban J connectivity index is 1.90. The summed E-state index contributed by atoms with van der Waals surface area (Å²) in [6.45, 7) is 3.14. The van der Waals surface area contributed by atoms with Crippen LogP contribution in [0.5, 0.6) is 0 Å². The molecule has 1 heterocycles. The van der Waals surface area contributed by atoms with Crippen LogP contribution in [0.4, 0.5) is 5.69 Å². The van der Waals surface area contributed by atoms with Crippen molar-refractivity contribution in [2.24, 2.45) is 0 Å². The van der Waals surface area contributed by atoms with Gasteiger partial charge in [-0.2, -0.15) is 0 Å². The number of hydrogen-bond acceptors (Lipinski definition) is 2. The summed E-state index contributed by atoms with van der Waals surface area (Å²) in [4.78, 5) is 13.1. The van der Waals surface area contributed by atoms with E-state index in [-0.39, 0.29) is 11.9 Å². The summed E-state index contributed by atoms with van der Waals surface area (Å²) in [5.74, 6) is 0.0138. The van der Waals surface area contributed by atoms with Crippen molar-refractivity contribution in [3.8, 4) is 0 Å². The average molecular weight is 346 g/mol. The molecule has 114 valence electrons. The molecule has 1 aliphatic heterocycles. The standard InChI is InChI=1S/C14H17Cl2N3OS/c1-9(20)17-11-4-6-19(7-5-11)14(21)18-13-8-10(15)2-3-12(13)16/h2-3,8,11H,4-7H2,1H3,(H,17,20)(H,18,21). The summed E-state index contributed by atoms with van der Waals surface area (Å²) < 4.78 is 0. The predicted octanol–water partition coefficient (Wildman–Crippen LogP) is 3.29. The van der Waals surface area contributed by atoms with Crippen LogP contribution >= 0.6 is 35.4 Å². The molecule has 1 aromatic rings. The second kappa shape index (κ2) is 7.29. The minimum Gasteiger partial charge on any atom is -0.353 e. The van der Waals surface area contributed by atoms with Gasteiger partial charge in [-0.3, -0.25) is 4.79 Å². The molecule has 21 heavy (non-hydrogen) atoms. The van der Waals surface area contributed by atoms with E-state index < -0.39 is 0 Å². The van der Waals surface area contributed by atoms with Crippen LogP contribution in [-0.4, -0.2) is 35.1 Å². The van der Waals surface area contributed by atoms with Gasteiger partial charge in [-0.1, -0.05) is 23.2 Å². The molecule has 0 aliphatic carbocycles. The maximum absolute atomic E-state index is 11.0. The molecule has 1 fully saturated rings. The van der Waals surface area contributed by atoms with Gasteiger partial charge in [-0.15, -0.1) is 0 Å². The number of rotatable bonds is 2. The maximum atomic E-state index is 11.0. The summed E-state index contributed by atoms with van der Waals surface area (Å²) >= 11 is 17.5. The van der Waals surface area contributed by atoms with Gasteiger partial charge < -0.3 is 15.5 Å². The van der Waals surface area contributed by atoms with Crippen LogP contribution in [0.2, 0.25) is 10.0 Å². The lowest BCUT2D eigenvalue weighted by atomic mass is 10.1. The van der Waals surface area contributed by atoms with Crippen LogP contribution in [0, 0.1) is 0 Å². The van der Waals surface area contributed by atoms with Crippen molar-refractivity contribution in [2.45, 2.75) is 25.8 Å². The number of carbonyl (C=O) groups excluding carboxylic acids is 1. The largest absolute Gasteiger partial charge is 0.353 e. The van der Waals surface area contributed by atoms with E-state index >= 15 is 0 Å². The molecule has 4 nitrogen and oxygen atoms in total. The second-order valence-electron chi connectivity index (χ2n) is 5.02. The van der Waals surface area contributed by atoms with Crippen LogP contribution in [0.1, 0.15) is 19.8 Å². The summed E-state index contributed by atoms with van der Waals surface area (Å²) in [7, 11) is 0. The first-order valence-corrected chi connectivity index (χ1v) is 7.90. The van der Waals surface area contributed by atoms with E-state index in [0.717, 1.165) is 25.9 Å². The fraction of sp³-hybridized carbons (Fsp3) is 0.429. The Morgan fingerprint density at radius 2 is 2.00 bits per heavy atom. The van der Waals surface area contributed by atoms with Gasteiger partial charge in [0.25, 0.3) is 0 Å². The smallest absolute Gasteiger partial charge is 0.217 e. The number of hydrogen-bond donors (Lipinski definition) is 2. The maximum Gasteiger partial charge on any atom is 0.217 e. The molecule has 1 aliphatic rings. The average Bonchev–Trinajstić information content (AvgIpc) is 2.43. The van der Waals surface area contributed by atoms with E-state index in [1.807, 2.05) is 0 Å². The molecule has 1 aromatic carbocycles. The fourth-order valence-electron chi connectivity index (χ4n) is 2.30. The Morgan fingerprint density at radius 1 is 1.33 bits per heavy atom. The quantitative estimate of drug-likeness (QED) is 0.807. The number of benzene rings is 1. The van der Waals surface area contributed by atoms with Crippen LogP contribution in [0.25, 0.3) is 0 Å². The van der Waals surface area contributed by atoms with Crippen molar-refractivity contribution < 1.29 is 4.79 Å². The van der Waals surface area contributed by atoms with E-state index in [1.54, 1.807) is 25.1 Å². The lowest BCUT2D eigenvalue weighted by Gasteiger charge is -2.34. The third kappa shape index (κ3) is 4.73. The van der Waals surface area contributed by atoms with Crippen molar-refractivity contribution in [1.82, 2.24) is 10.2 Å².